The number of guanidine groups is 1. The van der Waals surface area contributed by atoms with Gasteiger partial charge in [-0.15, -0.1) is 0 Å². The Morgan fingerprint density at radius 3 is 2.87 bits per heavy atom. The topological polar surface area (TPSA) is 45.7 Å². The van der Waals surface area contributed by atoms with E-state index in [0.29, 0.717) is 12.5 Å². The van der Waals surface area contributed by atoms with Gasteiger partial charge in [-0.05, 0) is 37.7 Å². The molecule has 1 fully saturated rings. The molecule has 1 aromatic rings. The zero-order chi connectivity index (χ0) is 16.7. The second kappa shape index (κ2) is 8.38. The number of halogens is 2. The normalized spacial score (nSPS) is 21.3. The largest absolute Gasteiger partial charge is 0.489 e. The van der Waals surface area contributed by atoms with Gasteiger partial charge in [0, 0.05) is 24.4 Å². The van der Waals surface area contributed by atoms with Crippen molar-refractivity contribution in [2.45, 2.75) is 24.5 Å². The summed E-state index contributed by atoms with van der Waals surface area (Å²) in [7, 11) is 1.71. The fourth-order valence-corrected chi connectivity index (χ4v) is 3.63. The number of aliphatic imine (C=N–C) groups is 1. The third-order valence-electron chi connectivity index (χ3n) is 3.70. The maximum Gasteiger partial charge on any atom is 0.191 e. The van der Waals surface area contributed by atoms with Crippen LogP contribution in [-0.2, 0) is 0 Å². The minimum atomic E-state index is -0.696. The monoisotopic (exact) mass is 343 g/mol. The molecular weight excluding hydrogens is 320 g/mol. The molecule has 7 heteroatoms. The van der Waals surface area contributed by atoms with Crippen LogP contribution in [0.2, 0.25) is 0 Å². The van der Waals surface area contributed by atoms with E-state index in [-0.39, 0.29) is 17.1 Å². The molecule has 0 amide bonds. The first-order chi connectivity index (χ1) is 11.0. The molecular formula is C16H23F2N3OS. The lowest BCUT2D eigenvalue weighted by atomic mass is 10.1. The molecule has 0 bridgehead atoms. The van der Waals surface area contributed by atoms with Crippen LogP contribution in [0.25, 0.3) is 0 Å². The van der Waals surface area contributed by atoms with Crippen molar-refractivity contribution in [2.75, 3.05) is 32.5 Å². The number of thioether (sulfide) groups is 1. The van der Waals surface area contributed by atoms with Gasteiger partial charge in [0.2, 0.25) is 0 Å². The molecule has 1 heterocycles. The summed E-state index contributed by atoms with van der Waals surface area (Å²) in [5.74, 6) is 0.642. The van der Waals surface area contributed by atoms with Crippen LogP contribution in [-0.4, -0.2) is 43.2 Å². The van der Waals surface area contributed by atoms with E-state index in [0.717, 1.165) is 12.6 Å². The molecule has 0 aliphatic carbocycles. The number of ether oxygens (including phenoxy) is 1. The van der Waals surface area contributed by atoms with Crippen molar-refractivity contribution >= 4 is 17.7 Å². The van der Waals surface area contributed by atoms with Gasteiger partial charge in [0.1, 0.15) is 12.4 Å². The minimum Gasteiger partial charge on any atom is -0.489 e. The Bertz CT molecular complexity index is 548. The summed E-state index contributed by atoms with van der Waals surface area (Å²) < 4.78 is 31.8. The average Bonchev–Trinajstić information content (AvgIpc) is 2.95. The van der Waals surface area contributed by atoms with Gasteiger partial charge in [-0.25, -0.2) is 8.78 Å². The van der Waals surface area contributed by atoms with Crippen molar-refractivity contribution in [3.05, 3.63) is 29.8 Å². The lowest BCUT2D eigenvalue weighted by Gasteiger charge is -2.24. The predicted octanol–water partition coefficient (Wildman–Crippen LogP) is 2.79. The average molecular weight is 343 g/mol. The van der Waals surface area contributed by atoms with Gasteiger partial charge in [-0.2, -0.15) is 11.8 Å². The molecule has 23 heavy (non-hydrogen) atoms. The molecule has 128 valence electrons. The van der Waals surface area contributed by atoms with Crippen LogP contribution < -0.4 is 15.4 Å². The smallest absolute Gasteiger partial charge is 0.191 e. The van der Waals surface area contributed by atoms with Gasteiger partial charge < -0.3 is 15.4 Å². The minimum absolute atomic E-state index is 0.0472. The number of benzene rings is 1. The van der Waals surface area contributed by atoms with E-state index in [1.807, 2.05) is 11.8 Å². The van der Waals surface area contributed by atoms with E-state index in [4.69, 9.17) is 4.74 Å². The second-order valence-corrected chi connectivity index (χ2v) is 7.36. The summed E-state index contributed by atoms with van der Waals surface area (Å²) in [6.45, 7) is 3.84. The lowest BCUT2D eigenvalue weighted by molar-refractivity contribution is 0.304. The van der Waals surface area contributed by atoms with Gasteiger partial charge in [0.05, 0.1) is 6.54 Å². The van der Waals surface area contributed by atoms with Gasteiger partial charge in [0.15, 0.2) is 17.5 Å². The second-order valence-electron chi connectivity index (χ2n) is 5.68. The Morgan fingerprint density at radius 1 is 1.39 bits per heavy atom. The Balaban J connectivity index is 1.69. The van der Waals surface area contributed by atoms with Crippen LogP contribution in [0.1, 0.15) is 19.8 Å². The zero-order valence-corrected chi connectivity index (χ0v) is 14.3. The van der Waals surface area contributed by atoms with Crippen molar-refractivity contribution in [1.29, 1.82) is 0 Å². The van der Waals surface area contributed by atoms with Gasteiger partial charge in [-0.3, -0.25) is 4.99 Å². The van der Waals surface area contributed by atoms with Crippen LogP contribution in [0.5, 0.6) is 5.75 Å². The molecule has 4 nitrogen and oxygen atoms in total. The molecule has 0 spiro atoms. The molecule has 2 rings (SSSR count). The van der Waals surface area contributed by atoms with Crippen LogP contribution in [0.15, 0.2) is 23.2 Å². The number of hydrogen-bond acceptors (Lipinski definition) is 3. The summed E-state index contributed by atoms with van der Waals surface area (Å²) in [6.07, 6.45) is 2.46. The van der Waals surface area contributed by atoms with Crippen molar-refractivity contribution in [2.24, 2.45) is 4.99 Å². The number of hydrogen-bond donors (Lipinski definition) is 2. The molecule has 1 saturated heterocycles. The highest BCUT2D eigenvalue weighted by atomic mass is 32.2. The number of nitrogens with zero attached hydrogens (tertiary/aromatic N) is 1. The first-order valence-corrected chi connectivity index (χ1v) is 8.67. The van der Waals surface area contributed by atoms with Gasteiger partial charge >= 0.3 is 0 Å². The van der Waals surface area contributed by atoms with E-state index in [9.17, 15) is 8.78 Å². The van der Waals surface area contributed by atoms with E-state index in [1.165, 1.54) is 30.7 Å². The lowest BCUT2D eigenvalue weighted by Crippen LogP contribution is -2.44. The molecule has 1 aliphatic heterocycles. The van der Waals surface area contributed by atoms with Crippen molar-refractivity contribution in [3.8, 4) is 5.75 Å². The first kappa shape index (κ1) is 17.8. The molecule has 1 atom stereocenters. The Morgan fingerprint density at radius 2 is 2.22 bits per heavy atom. The quantitative estimate of drug-likeness (QED) is 0.474. The summed E-state index contributed by atoms with van der Waals surface area (Å²) in [5.41, 5.74) is 0. The summed E-state index contributed by atoms with van der Waals surface area (Å²) >= 11 is 1.98. The van der Waals surface area contributed by atoms with E-state index < -0.39 is 11.6 Å². The van der Waals surface area contributed by atoms with Crippen molar-refractivity contribution in [3.63, 3.8) is 0 Å². The van der Waals surface area contributed by atoms with E-state index in [1.54, 1.807) is 7.05 Å². The summed E-state index contributed by atoms with van der Waals surface area (Å²) in [6, 6.07) is 3.27. The molecule has 1 aliphatic rings. The highest BCUT2D eigenvalue weighted by Crippen LogP contribution is 2.36. The van der Waals surface area contributed by atoms with Crippen LogP contribution in [0.4, 0.5) is 8.78 Å². The molecule has 1 unspecified atom stereocenters. The zero-order valence-electron chi connectivity index (χ0n) is 13.5. The molecule has 0 saturated carbocycles. The SMILES string of the molecule is CN=C(NCCOc1ccc(F)cc1F)NCC1(C)CCCS1. The first-order valence-electron chi connectivity index (χ1n) is 7.69. The third-order valence-corrected chi connectivity index (χ3v) is 5.24. The molecule has 1 aromatic carbocycles. The summed E-state index contributed by atoms with van der Waals surface area (Å²) in [5, 5.41) is 6.43. The fraction of sp³-hybridized carbons (Fsp3) is 0.562. The van der Waals surface area contributed by atoms with E-state index in [2.05, 4.69) is 22.5 Å². The van der Waals surface area contributed by atoms with Crippen LogP contribution >= 0.6 is 11.8 Å². The Labute approximate surface area is 140 Å². The molecule has 0 radical (unpaired) electrons. The molecule has 0 aromatic heterocycles. The molecule has 2 N–H and O–H groups in total. The van der Waals surface area contributed by atoms with E-state index >= 15 is 0 Å². The van der Waals surface area contributed by atoms with Gasteiger partial charge in [0.25, 0.3) is 0 Å². The standard InChI is InChI=1S/C16H23F2N3OS/c1-16(6-3-9-23-16)11-21-15(19-2)20-7-8-22-14-5-4-12(17)10-13(14)18/h4-5,10H,3,6-9,11H2,1-2H3,(H2,19,20,21). The number of nitrogens with one attached hydrogen (secondary N) is 2. The Kier molecular flexibility index (Phi) is 6.50. The highest BCUT2D eigenvalue weighted by molar-refractivity contribution is 8.00. The number of rotatable bonds is 6. The van der Waals surface area contributed by atoms with Crippen molar-refractivity contribution < 1.29 is 13.5 Å². The fourth-order valence-electron chi connectivity index (χ4n) is 2.39. The highest BCUT2D eigenvalue weighted by Gasteiger charge is 2.29. The van der Waals surface area contributed by atoms with Crippen molar-refractivity contribution in [1.82, 2.24) is 10.6 Å². The van der Waals surface area contributed by atoms with Gasteiger partial charge in [-0.1, -0.05) is 0 Å². The predicted molar refractivity (Wildman–Crippen MR) is 91.3 cm³/mol. The maximum absolute atomic E-state index is 13.4. The summed E-state index contributed by atoms with van der Waals surface area (Å²) in [4.78, 5) is 4.16. The van der Waals surface area contributed by atoms with Crippen LogP contribution in [0, 0.1) is 11.6 Å². The third kappa shape index (κ3) is 5.57. The maximum atomic E-state index is 13.4. The van der Waals surface area contributed by atoms with Crippen LogP contribution in [0.3, 0.4) is 0 Å². The Hall–Kier alpha value is -1.50.